The van der Waals surface area contributed by atoms with Crippen molar-refractivity contribution < 1.29 is 27.9 Å². The van der Waals surface area contributed by atoms with Crippen molar-refractivity contribution in [2.24, 2.45) is 11.8 Å². The standard InChI is InChI=1S/C40H46FN7O5/c1-22(2)16-35(49)47-14-6-8-31(47)37-43-21-30(45-37)27-12-10-25(18-28(27)41)34-19-26-17-24(11-13-33(26)53-34)29-20-42-38(44-29)32-9-7-15-48(32)39(50)36(23(3)4)46-40(51)52-5/h10-13,17-23,31-32,36H,6-9,14-16H2,1-5H3,(H,42,44)(H,43,45)(H,46,51)/t31-,32-,36-/m0/s1. The highest BCUT2D eigenvalue weighted by Crippen LogP contribution is 2.37. The van der Waals surface area contributed by atoms with E-state index in [0.29, 0.717) is 59.3 Å². The van der Waals surface area contributed by atoms with Gasteiger partial charge in [-0.2, -0.15) is 0 Å². The number of benzene rings is 2. The molecular formula is C40H46FN7O5. The number of rotatable bonds is 10. The molecule has 0 bridgehead atoms. The topological polar surface area (TPSA) is 149 Å². The van der Waals surface area contributed by atoms with Gasteiger partial charge in [-0.1, -0.05) is 33.8 Å². The van der Waals surface area contributed by atoms with E-state index >= 15 is 4.39 Å². The Kier molecular flexibility index (Phi) is 10.1. The number of nitrogens with zero attached hydrogens (tertiary/aromatic N) is 4. The molecule has 0 radical (unpaired) electrons. The van der Waals surface area contributed by atoms with E-state index in [1.165, 1.54) is 13.2 Å². The minimum Gasteiger partial charge on any atom is -0.456 e. The van der Waals surface area contributed by atoms with Crippen LogP contribution in [-0.4, -0.2) is 73.9 Å². The zero-order valence-electron chi connectivity index (χ0n) is 30.7. The van der Waals surface area contributed by atoms with Crippen molar-refractivity contribution in [2.75, 3.05) is 20.2 Å². The number of aromatic nitrogens is 4. The van der Waals surface area contributed by atoms with Crippen molar-refractivity contribution in [3.63, 3.8) is 0 Å². The number of furan rings is 1. The Morgan fingerprint density at radius 1 is 0.906 bits per heavy atom. The van der Waals surface area contributed by atoms with Crippen LogP contribution in [0.4, 0.5) is 9.18 Å². The lowest BCUT2D eigenvalue weighted by Gasteiger charge is -2.30. The van der Waals surface area contributed by atoms with E-state index < -0.39 is 18.0 Å². The van der Waals surface area contributed by atoms with Crippen molar-refractivity contribution in [3.05, 3.63) is 72.3 Å². The number of hydrogen-bond acceptors (Lipinski definition) is 7. The molecule has 278 valence electrons. The highest BCUT2D eigenvalue weighted by atomic mass is 19.1. The number of halogens is 1. The first-order chi connectivity index (χ1) is 25.5. The molecule has 2 aliphatic rings. The molecule has 5 aromatic rings. The van der Waals surface area contributed by atoms with Crippen LogP contribution in [0.15, 0.2) is 59.3 Å². The molecule has 3 aromatic heterocycles. The van der Waals surface area contributed by atoms with Crippen LogP contribution in [0.5, 0.6) is 0 Å². The molecule has 0 aliphatic carbocycles. The minimum absolute atomic E-state index is 0.123. The molecule has 2 saturated heterocycles. The smallest absolute Gasteiger partial charge is 0.407 e. The van der Waals surface area contributed by atoms with Gasteiger partial charge in [0.05, 0.1) is 43.0 Å². The van der Waals surface area contributed by atoms with Gasteiger partial charge >= 0.3 is 6.09 Å². The van der Waals surface area contributed by atoms with Gasteiger partial charge in [-0.3, -0.25) is 9.59 Å². The Balaban J connectivity index is 1.07. The lowest BCUT2D eigenvalue weighted by atomic mass is 10.0. The first-order valence-electron chi connectivity index (χ1n) is 18.4. The van der Waals surface area contributed by atoms with Crippen LogP contribution in [0.25, 0.3) is 44.8 Å². The SMILES string of the molecule is COC(=O)N[C@H](C(=O)N1CCC[C@H]1c1ncc(-c2ccc3oc(-c4ccc(-c5cnc([C@@H]6CCCN6C(=O)CC(C)C)[nH]5)c(F)c4)cc3c2)[nH]1)C(C)C. The third-order valence-electron chi connectivity index (χ3n) is 10.3. The van der Waals surface area contributed by atoms with Crippen molar-refractivity contribution in [1.29, 1.82) is 0 Å². The summed E-state index contributed by atoms with van der Waals surface area (Å²) in [5.41, 5.74) is 3.88. The van der Waals surface area contributed by atoms with Crippen LogP contribution in [0, 0.1) is 17.7 Å². The molecule has 0 unspecified atom stereocenters. The van der Waals surface area contributed by atoms with Gasteiger partial charge in [0.1, 0.15) is 34.9 Å². The monoisotopic (exact) mass is 723 g/mol. The molecular weight excluding hydrogens is 677 g/mol. The Labute approximate surface area is 307 Å². The first-order valence-corrected chi connectivity index (χ1v) is 18.4. The second kappa shape index (κ2) is 14.9. The molecule has 3 amide bonds. The first kappa shape index (κ1) is 35.9. The van der Waals surface area contributed by atoms with E-state index in [-0.39, 0.29) is 35.7 Å². The maximum Gasteiger partial charge on any atom is 0.407 e. The molecule has 0 saturated carbocycles. The third kappa shape index (κ3) is 7.29. The summed E-state index contributed by atoms with van der Waals surface area (Å²) in [5.74, 6) is 1.59. The molecule has 5 heterocycles. The van der Waals surface area contributed by atoms with Gasteiger partial charge < -0.3 is 34.2 Å². The predicted octanol–water partition coefficient (Wildman–Crippen LogP) is 7.77. The number of imidazole rings is 2. The van der Waals surface area contributed by atoms with Crippen LogP contribution in [0.1, 0.15) is 83.5 Å². The second-order valence-corrected chi connectivity index (χ2v) is 14.8. The minimum atomic E-state index is -0.710. The van der Waals surface area contributed by atoms with Crippen molar-refractivity contribution in [3.8, 4) is 33.8 Å². The van der Waals surface area contributed by atoms with Gasteiger partial charge in [0.15, 0.2) is 0 Å². The number of H-pyrrole nitrogens is 2. The predicted molar refractivity (Wildman–Crippen MR) is 198 cm³/mol. The number of alkyl carbamates (subject to hydrolysis) is 1. The molecule has 7 rings (SSSR count). The van der Waals surface area contributed by atoms with Crippen LogP contribution in [0.3, 0.4) is 0 Å². The fourth-order valence-corrected chi connectivity index (χ4v) is 7.54. The van der Waals surface area contributed by atoms with Crippen LogP contribution >= 0.6 is 0 Å². The molecule has 2 fully saturated rings. The Hall–Kier alpha value is -5.46. The normalized spacial score (nSPS) is 18.0. The summed E-state index contributed by atoms with van der Waals surface area (Å²) in [6, 6.07) is 11.6. The summed E-state index contributed by atoms with van der Waals surface area (Å²) >= 11 is 0. The lowest BCUT2D eigenvalue weighted by molar-refractivity contribution is -0.135. The fourth-order valence-electron chi connectivity index (χ4n) is 7.54. The molecule has 2 aromatic carbocycles. The Morgan fingerprint density at radius 2 is 1.57 bits per heavy atom. The van der Waals surface area contributed by atoms with Crippen molar-refractivity contribution >= 4 is 28.9 Å². The molecule has 0 spiro atoms. The van der Waals surface area contributed by atoms with Crippen LogP contribution < -0.4 is 5.32 Å². The van der Waals surface area contributed by atoms with E-state index in [1.807, 2.05) is 62.9 Å². The molecule has 3 atom stereocenters. The van der Waals surface area contributed by atoms with Gasteiger partial charge in [-0.05, 0) is 73.9 Å². The number of likely N-dealkylation sites (tertiary alicyclic amines) is 2. The maximum atomic E-state index is 15.6. The van der Waals surface area contributed by atoms with E-state index in [9.17, 15) is 14.4 Å². The molecule has 13 heteroatoms. The lowest BCUT2D eigenvalue weighted by Crippen LogP contribution is -2.51. The molecule has 12 nitrogen and oxygen atoms in total. The number of aromatic amines is 2. The van der Waals surface area contributed by atoms with Gasteiger partial charge in [-0.15, -0.1) is 0 Å². The quantitative estimate of drug-likeness (QED) is 0.133. The fraction of sp³-hybridized carbons (Fsp3) is 0.425. The average molecular weight is 724 g/mol. The summed E-state index contributed by atoms with van der Waals surface area (Å²) < 4.78 is 26.5. The van der Waals surface area contributed by atoms with E-state index in [0.717, 1.165) is 42.3 Å². The van der Waals surface area contributed by atoms with Crippen LogP contribution in [0.2, 0.25) is 0 Å². The summed E-state index contributed by atoms with van der Waals surface area (Å²) in [6.45, 7) is 9.12. The summed E-state index contributed by atoms with van der Waals surface area (Å²) in [4.78, 5) is 57.9. The number of amides is 3. The Morgan fingerprint density at radius 3 is 2.25 bits per heavy atom. The van der Waals surface area contributed by atoms with Crippen LogP contribution in [-0.2, 0) is 14.3 Å². The number of fused-ring (bicyclic) bond motifs is 1. The van der Waals surface area contributed by atoms with E-state index in [4.69, 9.17) is 9.15 Å². The number of nitrogens with one attached hydrogen (secondary N) is 3. The van der Waals surface area contributed by atoms with E-state index in [2.05, 4.69) is 25.3 Å². The van der Waals surface area contributed by atoms with Crippen molar-refractivity contribution in [2.45, 2.75) is 77.9 Å². The average Bonchev–Trinajstić information content (AvgIpc) is 3.97. The molecule has 3 N–H and O–H groups in total. The molecule has 2 aliphatic heterocycles. The summed E-state index contributed by atoms with van der Waals surface area (Å²) in [7, 11) is 1.28. The van der Waals surface area contributed by atoms with E-state index in [1.54, 1.807) is 23.4 Å². The maximum absolute atomic E-state index is 15.6. The van der Waals surface area contributed by atoms with Gasteiger partial charge in [0, 0.05) is 41.6 Å². The number of hydrogen-bond donors (Lipinski definition) is 3. The number of methoxy groups -OCH3 is 1. The largest absolute Gasteiger partial charge is 0.456 e. The summed E-state index contributed by atoms with van der Waals surface area (Å²) in [6.07, 6.45) is 6.56. The third-order valence-corrected chi connectivity index (χ3v) is 10.3. The Bertz CT molecular complexity index is 2130. The van der Waals surface area contributed by atoms with Gasteiger partial charge in [0.2, 0.25) is 11.8 Å². The molecule has 53 heavy (non-hydrogen) atoms. The zero-order valence-corrected chi connectivity index (χ0v) is 30.7. The van der Waals surface area contributed by atoms with Gasteiger partial charge in [-0.25, -0.2) is 19.2 Å². The highest BCUT2D eigenvalue weighted by Gasteiger charge is 2.37. The van der Waals surface area contributed by atoms with Gasteiger partial charge in [0.25, 0.3) is 0 Å². The zero-order chi connectivity index (χ0) is 37.4. The number of carbonyl (C=O) groups excluding carboxylic acids is 3. The number of ether oxygens (including phenoxy) is 1. The summed E-state index contributed by atoms with van der Waals surface area (Å²) in [5, 5.41) is 3.52. The highest BCUT2D eigenvalue weighted by molar-refractivity contribution is 5.88. The van der Waals surface area contributed by atoms with Crippen molar-refractivity contribution in [1.82, 2.24) is 35.1 Å². The number of carbonyl (C=O) groups is 3. The second-order valence-electron chi connectivity index (χ2n) is 14.8.